The van der Waals surface area contributed by atoms with Crippen LogP contribution in [0.1, 0.15) is 21.5 Å². The van der Waals surface area contributed by atoms with Crippen molar-refractivity contribution in [3.05, 3.63) is 71.3 Å². The third-order valence-corrected chi connectivity index (χ3v) is 4.81. The Balaban J connectivity index is 1.54. The van der Waals surface area contributed by atoms with E-state index in [0.29, 0.717) is 5.75 Å². The minimum absolute atomic E-state index is 0.224. The normalized spacial score (nSPS) is 10.4. The van der Waals surface area contributed by atoms with Gasteiger partial charge in [-0.3, -0.25) is 9.59 Å². The second-order valence-electron chi connectivity index (χ2n) is 7.07. The molecule has 0 spiro atoms. The van der Waals surface area contributed by atoms with E-state index in [4.69, 9.17) is 9.47 Å². The second kappa shape index (κ2) is 9.75. The van der Waals surface area contributed by atoms with Crippen molar-refractivity contribution in [2.45, 2.75) is 13.8 Å². The number of rotatable bonds is 7. The van der Waals surface area contributed by atoms with E-state index in [0.717, 1.165) is 27.6 Å². The van der Waals surface area contributed by atoms with E-state index in [9.17, 15) is 14.4 Å². The van der Waals surface area contributed by atoms with E-state index in [1.165, 1.54) is 7.11 Å². The fraction of sp³-hybridized carbons (Fsp3) is 0.208. The van der Waals surface area contributed by atoms with Gasteiger partial charge in [-0.15, -0.1) is 0 Å². The first-order valence-electron chi connectivity index (χ1n) is 9.75. The zero-order chi connectivity index (χ0) is 22.4. The predicted octanol–water partition coefficient (Wildman–Crippen LogP) is 3.38. The molecule has 0 aromatic heterocycles. The van der Waals surface area contributed by atoms with Gasteiger partial charge in [0, 0.05) is 5.69 Å². The van der Waals surface area contributed by atoms with Gasteiger partial charge in [0.15, 0.2) is 6.61 Å². The summed E-state index contributed by atoms with van der Waals surface area (Å²) in [6.07, 6.45) is 0. The molecule has 7 heteroatoms. The van der Waals surface area contributed by atoms with Crippen LogP contribution in [0.4, 0.5) is 5.69 Å². The largest absolute Gasteiger partial charge is 0.496 e. The molecule has 0 aliphatic carbocycles. The molecule has 3 aromatic carbocycles. The van der Waals surface area contributed by atoms with Crippen LogP contribution in [0.2, 0.25) is 0 Å². The molecule has 0 radical (unpaired) electrons. The summed E-state index contributed by atoms with van der Waals surface area (Å²) in [4.78, 5) is 36.6. The Hall–Kier alpha value is -3.87. The maximum Gasteiger partial charge on any atom is 0.342 e. The number of benzene rings is 3. The van der Waals surface area contributed by atoms with Gasteiger partial charge in [0.1, 0.15) is 11.3 Å². The quantitative estimate of drug-likeness (QED) is 0.572. The van der Waals surface area contributed by atoms with Crippen molar-refractivity contribution in [2.75, 3.05) is 25.6 Å². The lowest BCUT2D eigenvalue weighted by Crippen LogP contribution is -2.35. The van der Waals surface area contributed by atoms with Crippen LogP contribution in [0.5, 0.6) is 5.75 Å². The molecule has 31 heavy (non-hydrogen) atoms. The molecule has 2 N–H and O–H groups in total. The van der Waals surface area contributed by atoms with Gasteiger partial charge in [-0.25, -0.2) is 4.79 Å². The number of carbonyl (C=O) groups is 3. The Morgan fingerprint density at radius 3 is 2.16 bits per heavy atom. The van der Waals surface area contributed by atoms with Crippen LogP contribution in [-0.4, -0.2) is 38.0 Å². The average Bonchev–Trinajstić information content (AvgIpc) is 2.77. The van der Waals surface area contributed by atoms with Gasteiger partial charge in [0.25, 0.3) is 5.91 Å². The molecule has 3 aromatic rings. The van der Waals surface area contributed by atoms with Crippen LogP contribution < -0.4 is 15.4 Å². The molecule has 0 aliphatic heterocycles. The highest BCUT2D eigenvalue weighted by atomic mass is 16.5. The third-order valence-electron chi connectivity index (χ3n) is 4.81. The number of carbonyl (C=O) groups excluding carboxylic acids is 3. The van der Waals surface area contributed by atoms with E-state index < -0.39 is 18.5 Å². The van der Waals surface area contributed by atoms with Gasteiger partial charge in [0.2, 0.25) is 5.91 Å². The minimum atomic E-state index is -0.683. The first-order chi connectivity index (χ1) is 14.9. The number of para-hydroxylation sites is 1. The number of esters is 1. The van der Waals surface area contributed by atoms with E-state index in [1.54, 1.807) is 12.1 Å². The smallest absolute Gasteiger partial charge is 0.342 e. The van der Waals surface area contributed by atoms with Crippen LogP contribution in [0.25, 0.3) is 10.8 Å². The zero-order valence-corrected chi connectivity index (χ0v) is 17.7. The van der Waals surface area contributed by atoms with Crippen molar-refractivity contribution >= 4 is 34.2 Å². The molecular formula is C24H24N2O5. The highest BCUT2D eigenvalue weighted by Gasteiger charge is 2.17. The topological polar surface area (TPSA) is 93.7 Å². The number of nitrogens with one attached hydrogen (secondary N) is 2. The van der Waals surface area contributed by atoms with Crippen LogP contribution in [-0.2, 0) is 14.3 Å². The van der Waals surface area contributed by atoms with Crippen molar-refractivity contribution in [3.8, 4) is 5.75 Å². The first kappa shape index (κ1) is 21.8. The Morgan fingerprint density at radius 2 is 1.52 bits per heavy atom. The Labute approximate surface area is 180 Å². The van der Waals surface area contributed by atoms with Crippen molar-refractivity contribution in [2.24, 2.45) is 0 Å². The van der Waals surface area contributed by atoms with E-state index in [2.05, 4.69) is 10.6 Å². The maximum atomic E-state index is 12.5. The second-order valence-corrected chi connectivity index (χ2v) is 7.07. The molecule has 0 unspecified atom stereocenters. The van der Waals surface area contributed by atoms with Crippen molar-refractivity contribution < 1.29 is 23.9 Å². The summed E-state index contributed by atoms with van der Waals surface area (Å²) in [6, 6.07) is 16.6. The number of hydrogen-bond donors (Lipinski definition) is 2. The number of aryl methyl sites for hydroxylation is 2. The van der Waals surface area contributed by atoms with Gasteiger partial charge < -0.3 is 20.1 Å². The van der Waals surface area contributed by atoms with E-state index in [1.807, 2.05) is 56.3 Å². The molecule has 0 saturated carbocycles. The first-order valence-corrected chi connectivity index (χ1v) is 9.75. The lowest BCUT2D eigenvalue weighted by Gasteiger charge is -2.12. The summed E-state index contributed by atoms with van der Waals surface area (Å²) in [7, 11) is 1.46. The highest BCUT2D eigenvalue weighted by Crippen LogP contribution is 2.26. The highest BCUT2D eigenvalue weighted by molar-refractivity contribution is 6.00. The SMILES string of the molecule is COc1cc2ccccc2cc1C(=O)OCC(=O)NCC(=O)Nc1c(C)cccc1C. The lowest BCUT2D eigenvalue weighted by molar-refractivity contribution is -0.126. The molecule has 160 valence electrons. The molecule has 3 rings (SSSR count). The monoisotopic (exact) mass is 420 g/mol. The molecule has 0 aliphatic rings. The van der Waals surface area contributed by atoms with Gasteiger partial charge in [-0.05, 0) is 47.9 Å². The summed E-state index contributed by atoms with van der Waals surface area (Å²) >= 11 is 0. The van der Waals surface area contributed by atoms with Gasteiger partial charge in [0.05, 0.1) is 13.7 Å². The van der Waals surface area contributed by atoms with Crippen LogP contribution >= 0.6 is 0 Å². The standard InChI is InChI=1S/C24H24N2O5/c1-15-7-6-8-16(2)23(15)26-21(27)13-25-22(28)14-31-24(29)19-11-17-9-4-5-10-18(17)12-20(19)30-3/h4-12H,13-14H2,1-3H3,(H,25,28)(H,26,27). The fourth-order valence-electron chi connectivity index (χ4n) is 3.18. The maximum absolute atomic E-state index is 12.5. The number of amides is 2. The summed E-state index contributed by atoms with van der Waals surface area (Å²) in [6.45, 7) is 3.04. The number of hydrogen-bond acceptors (Lipinski definition) is 5. The van der Waals surface area contributed by atoms with Gasteiger partial charge >= 0.3 is 5.97 Å². The molecule has 0 heterocycles. The molecule has 7 nitrogen and oxygen atoms in total. The number of anilines is 1. The minimum Gasteiger partial charge on any atom is -0.496 e. The lowest BCUT2D eigenvalue weighted by atomic mass is 10.1. The van der Waals surface area contributed by atoms with Crippen molar-refractivity contribution in [3.63, 3.8) is 0 Å². The van der Waals surface area contributed by atoms with Crippen LogP contribution in [0, 0.1) is 13.8 Å². The summed E-state index contributed by atoms with van der Waals surface area (Å²) in [5, 5.41) is 7.00. The average molecular weight is 420 g/mol. The van der Waals surface area contributed by atoms with Crippen LogP contribution in [0.3, 0.4) is 0 Å². The molecule has 2 amide bonds. The van der Waals surface area contributed by atoms with E-state index >= 15 is 0 Å². The molecule has 0 saturated heterocycles. The van der Waals surface area contributed by atoms with Gasteiger partial charge in [-0.1, -0.05) is 42.5 Å². The number of ether oxygens (including phenoxy) is 2. The third kappa shape index (κ3) is 5.39. The molecular weight excluding hydrogens is 396 g/mol. The van der Waals surface area contributed by atoms with E-state index in [-0.39, 0.29) is 18.0 Å². The Morgan fingerprint density at radius 1 is 0.871 bits per heavy atom. The molecule has 0 fully saturated rings. The molecule has 0 bridgehead atoms. The number of fused-ring (bicyclic) bond motifs is 1. The Bertz CT molecular complexity index is 1120. The summed E-state index contributed by atoms with van der Waals surface area (Å²) < 4.78 is 10.4. The van der Waals surface area contributed by atoms with Crippen molar-refractivity contribution in [1.82, 2.24) is 5.32 Å². The van der Waals surface area contributed by atoms with Crippen LogP contribution in [0.15, 0.2) is 54.6 Å². The fourth-order valence-corrected chi connectivity index (χ4v) is 3.18. The zero-order valence-electron chi connectivity index (χ0n) is 17.7. The molecule has 0 atom stereocenters. The number of methoxy groups -OCH3 is 1. The van der Waals surface area contributed by atoms with Crippen molar-refractivity contribution in [1.29, 1.82) is 0 Å². The Kier molecular flexibility index (Phi) is 6.87. The predicted molar refractivity (Wildman–Crippen MR) is 118 cm³/mol. The van der Waals surface area contributed by atoms with Gasteiger partial charge in [-0.2, -0.15) is 0 Å². The summed E-state index contributed by atoms with van der Waals surface area (Å²) in [5.74, 6) is -1.27. The summed E-state index contributed by atoms with van der Waals surface area (Å²) in [5.41, 5.74) is 2.80.